The number of aliphatic hydroxyl groups excluding tert-OH is 1. The van der Waals surface area contributed by atoms with Crippen molar-refractivity contribution in [3.63, 3.8) is 0 Å². The summed E-state index contributed by atoms with van der Waals surface area (Å²) in [6, 6.07) is 8.21. The first-order chi connectivity index (χ1) is 8.13. The number of fused-ring (bicyclic) bond motifs is 1. The molecule has 92 valence electrons. The van der Waals surface area contributed by atoms with Crippen LogP contribution in [0, 0.1) is 6.92 Å². The van der Waals surface area contributed by atoms with Gasteiger partial charge in [-0.3, -0.25) is 0 Å². The van der Waals surface area contributed by atoms with Crippen molar-refractivity contribution in [3.05, 3.63) is 35.6 Å². The highest BCUT2D eigenvalue weighted by molar-refractivity contribution is 5.82. The minimum Gasteiger partial charge on any atom is -0.459 e. The van der Waals surface area contributed by atoms with Crippen LogP contribution in [0.25, 0.3) is 11.0 Å². The lowest BCUT2D eigenvalue weighted by molar-refractivity contribution is 0.238. The zero-order valence-corrected chi connectivity index (χ0v) is 10.5. The molecule has 2 N–H and O–H groups in total. The molecule has 1 aromatic carbocycles. The number of nitrogens with one attached hydrogen (secondary N) is 1. The maximum absolute atomic E-state index is 9.05. The molecule has 17 heavy (non-hydrogen) atoms. The standard InChI is InChI=1S/C14H19NO2/c1-9(8-16)15-11(3)14-10(2)12-6-4-5-7-13(12)17-14/h4-7,9,11,15-16H,8H2,1-3H3/t9-,11?/m1/s1. The fourth-order valence-electron chi connectivity index (χ4n) is 2.16. The van der Waals surface area contributed by atoms with E-state index in [1.54, 1.807) is 0 Å². The summed E-state index contributed by atoms with van der Waals surface area (Å²) < 4.78 is 5.86. The summed E-state index contributed by atoms with van der Waals surface area (Å²) in [7, 11) is 0. The minimum atomic E-state index is 0.0672. The minimum absolute atomic E-state index is 0.0672. The number of aryl methyl sites for hydroxylation is 1. The molecule has 2 atom stereocenters. The van der Waals surface area contributed by atoms with Crippen LogP contribution in [0.5, 0.6) is 0 Å². The number of hydrogen-bond donors (Lipinski definition) is 2. The van der Waals surface area contributed by atoms with Crippen LogP contribution in [-0.4, -0.2) is 17.8 Å². The van der Waals surface area contributed by atoms with E-state index in [1.807, 2.05) is 25.1 Å². The Morgan fingerprint density at radius 2 is 2.00 bits per heavy atom. The quantitative estimate of drug-likeness (QED) is 0.853. The van der Waals surface area contributed by atoms with Gasteiger partial charge in [0.25, 0.3) is 0 Å². The van der Waals surface area contributed by atoms with Gasteiger partial charge in [-0.2, -0.15) is 0 Å². The van der Waals surface area contributed by atoms with Crippen molar-refractivity contribution in [2.75, 3.05) is 6.61 Å². The highest BCUT2D eigenvalue weighted by Gasteiger charge is 2.17. The average molecular weight is 233 g/mol. The molecule has 3 nitrogen and oxygen atoms in total. The molecule has 0 bridgehead atoms. The Morgan fingerprint density at radius 1 is 1.29 bits per heavy atom. The Balaban J connectivity index is 2.32. The van der Waals surface area contributed by atoms with Crippen molar-refractivity contribution >= 4 is 11.0 Å². The Labute approximate surface area is 101 Å². The summed E-state index contributed by atoms with van der Waals surface area (Å²) >= 11 is 0. The molecule has 2 rings (SSSR count). The first-order valence-electron chi connectivity index (χ1n) is 5.98. The number of furan rings is 1. The molecule has 1 aromatic heterocycles. The SMILES string of the molecule is Cc1c(C(C)N[C@H](C)CO)oc2ccccc12. The van der Waals surface area contributed by atoms with Crippen molar-refractivity contribution in [1.82, 2.24) is 5.32 Å². The molecule has 0 fully saturated rings. The monoisotopic (exact) mass is 233 g/mol. The van der Waals surface area contributed by atoms with Crippen molar-refractivity contribution in [2.45, 2.75) is 32.9 Å². The molecule has 0 spiro atoms. The van der Waals surface area contributed by atoms with Crippen LogP contribution in [0.4, 0.5) is 0 Å². The first kappa shape index (κ1) is 12.1. The number of para-hydroxylation sites is 1. The first-order valence-corrected chi connectivity index (χ1v) is 5.98. The van der Waals surface area contributed by atoms with Gasteiger partial charge in [0.15, 0.2) is 0 Å². The third-order valence-electron chi connectivity index (χ3n) is 3.08. The van der Waals surface area contributed by atoms with Gasteiger partial charge >= 0.3 is 0 Å². The topological polar surface area (TPSA) is 45.4 Å². The summed E-state index contributed by atoms with van der Waals surface area (Å²) in [6.45, 7) is 6.21. The summed E-state index contributed by atoms with van der Waals surface area (Å²) in [5.41, 5.74) is 2.09. The molecule has 3 heteroatoms. The van der Waals surface area contributed by atoms with Crippen LogP contribution in [0.15, 0.2) is 28.7 Å². The van der Waals surface area contributed by atoms with E-state index in [9.17, 15) is 0 Å². The third kappa shape index (κ3) is 2.35. The maximum atomic E-state index is 9.05. The van der Waals surface area contributed by atoms with Gasteiger partial charge in [-0.25, -0.2) is 0 Å². The molecule has 1 heterocycles. The van der Waals surface area contributed by atoms with Gasteiger partial charge in [0.1, 0.15) is 11.3 Å². The van der Waals surface area contributed by atoms with Gasteiger partial charge in [0.05, 0.1) is 12.6 Å². The summed E-state index contributed by atoms with van der Waals surface area (Å²) in [4.78, 5) is 0. The van der Waals surface area contributed by atoms with E-state index in [4.69, 9.17) is 9.52 Å². The smallest absolute Gasteiger partial charge is 0.134 e. The van der Waals surface area contributed by atoms with Gasteiger partial charge in [-0.15, -0.1) is 0 Å². The molecule has 0 aliphatic rings. The van der Waals surface area contributed by atoms with Gasteiger partial charge in [-0.1, -0.05) is 18.2 Å². The number of rotatable bonds is 4. The van der Waals surface area contributed by atoms with E-state index < -0.39 is 0 Å². The lowest BCUT2D eigenvalue weighted by atomic mass is 10.1. The Morgan fingerprint density at radius 3 is 2.65 bits per heavy atom. The fourth-order valence-corrected chi connectivity index (χ4v) is 2.16. The van der Waals surface area contributed by atoms with E-state index in [0.29, 0.717) is 0 Å². The Bertz CT molecular complexity index is 504. The van der Waals surface area contributed by atoms with Crippen LogP contribution >= 0.6 is 0 Å². The van der Waals surface area contributed by atoms with E-state index in [1.165, 1.54) is 5.56 Å². The lowest BCUT2D eigenvalue weighted by Gasteiger charge is -2.16. The Hall–Kier alpha value is -1.32. The molecule has 0 saturated carbocycles. The molecule has 0 radical (unpaired) electrons. The molecule has 1 unspecified atom stereocenters. The number of benzene rings is 1. The van der Waals surface area contributed by atoms with Crippen LogP contribution in [-0.2, 0) is 0 Å². The average Bonchev–Trinajstić information content (AvgIpc) is 2.67. The van der Waals surface area contributed by atoms with Crippen molar-refractivity contribution in [2.24, 2.45) is 0 Å². The van der Waals surface area contributed by atoms with E-state index >= 15 is 0 Å². The van der Waals surface area contributed by atoms with Crippen molar-refractivity contribution < 1.29 is 9.52 Å². The molecule has 0 aliphatic carbocycles. The largest absolute Gasteiger partial charge is 0.459 e. The number of aliphatic hydroxyl groups is 1. The highest BCUT2D eigenvalue weighted by atomic mass is 16.3. The molecule has 0 saturated heterocycles. The van der Waals surface area contributed by atoms with E-state index in [2.05, 4.69) is 25.2 Å². The van der Waals surface area contributed by atoms with E-state index in [0.717, 1.165) is 16.7 Å². The van der Waals surface area contributed by atoms with Gasteiger partial charge < -0.3 is 14.8 Å². The van der Waals surface area contributed by atoms with E-state index in [-0.39, 0.29) is 18.7 Å². The fraction of sp³-hybridized carbons (Fsp3) is 0.429. The predicted molar refractivity (Wildman–Crippen MR) is 69.0 cm³/mol. The maximum Gasteiger partial charge on any atom is 0.134 e. The third-order valence-corrected chi connectivity index (χ3v) is 3.08. The second kappa shape index (κ2) is 4.90. The predicted octanol–water partition coefficient (Wildman–Crippen LogP) is 2.77. The van der Waals surface area contributed by atoms with Crippen LogP contribution in [0.2, 0.25) is 0 Å². The molecular weight excluding hydrogens is 214 g/mol. The number of hydrogen-bond acceptors (Lipinski definition) is 3. The summed E-state index contributed by atoms with van der Waals surface area (Å²) in [5, 5.41) is 13.5. The second-order valence-corrected chi connectivity index (χ2v) is 4.56. The lowest BCUT2D eigenvalue weighted by Crippen LogP contribution is -2.31. The zero-order valence-electron chi connectivity index (χ0n) is 10.5. The normalized spacial score (nSPS) is 15.1. The zero-order chi connectivity index (χ0) is 12.4. The van der Waals surface area contributed by atoms with Crippen LogP contribution < -0.4 is 5.32 Å². The van der Waals surface area contributed by atoms with Crippen LogP contribution in [0.1, 0.15) is 31.2 Å². The highest BCUT2D eigenvalue weighted by Crippen LogP contribution is 2.29. The molecular formula is C14H19NO2. The van der Waals surface area contributed by atoms with Gasteiger partial charge in [-0.05, 0) is 32.4 Å². The summed E-state index contributed by atoms with van der Waals surface area (Å²) in [6.07, 6.45) is 0. The molecule has 0 amide bonds. The molecule has 2 aromatic rings. The molecule has 0 aliphatic heterocycles. The van der Waals surface area contributed by atoms with Gasteiger partial charge in [0.2, 0.25) is 0 Å². The van der Waals surface area contributed by atoms with Gasteiger partial charge in [0, 0.05) is 11.4 Å². The Kier molecular flexibility index (Phi) is 3.50. The summed E-state index contributed by atoms with van der Waals surface area (Å²) in [5.74, 6) is 0.950. The van der Waals surface area contributed by atoms with Crippen molar-refractivity contribution in [1.29, 1.82) is 0 Å². The van der Waals surface area contributed by atoms with Crippen molar-refractivity contribution in [3.8, 4) is 0 Å². The second-order valence-electron chi connectivity index (χ2n) is 4.56. The van der Waals surface area contributed by atoms with Crippen LogP contribution in [0.3, 0.4) is 0 Å².